The molecule has 0 atom stereocenters. The van der Waals surface area contributed by atoms with Crippen molar-refractivity contribution in [2.75, 3.05) is 0 Å². The smallest absolute Gasteiger partial charge is 0.138 e. The van der Waals surface area contributed by atoms with Gasteiger partial charge in [-0.1, -0.05) is 22.8 Å². The lowest BCUT2D eigenvalue weighted by Gasteiger charge is -2.05. The van der Waals surface area contributed by atoms with Crippen LogP contribution in [0.25, 0.3) is 10.9 Å². The van der Waals surface area contributed by atoms with Crippen LogP contribution < -0.4 is 0 Å². The molecule has 0 aliphatic carbocycles. The molecule has 0 spiro atoms. The summed E-state index contributed by atoms with van der Waals surface area (Å²) in [5.41, 5.74) is 3.84. The molecule has 5 heteroatoms. The van der Waals surface area contributed by atoms with Crippen molar-refractivity contribution >= 4 is 22.5 Å². The summed E-state index contributed by atoms with van der Waals surface area (Å²) in [6, 6.07) is 5.69. The molecule has 1 aromatic carbocycles. The van der Waals surface area contributed by atoms with Gasteiger partial charge >= 0.3 is 0 Å². The zero-order valence-electron chi connectivity index (χ0n) is 11.4. The summed E-state index contributed by atoms with van der Waals surface area (Å²) >= 11 is 6.08. The third kappa shape index (κ3) is 2.11. The molecule has 0 aliphatic heterocycles. The molecule has 2 heterocycles. The van der Waals surface area contributed by atoms with Crippen LogP contribution in [0.4, 0.5) is 0 Å². The predicted molar refractivity (Wildman–Crippen MR) is 77.9 cm³/mol. The van der Waals surface area contributed by atoms with E-state index in [1.165, 1.54) is 0 Å². The van der Waals surface area contributed by atoms with Crippen molar-refractivity contribution < 1.29 is 9.63 Å². The number of aromatic nitrogens is 2. The first-order valence-corrected chi connectivity index (χ1v) is 6.78. The predicted octanol–water partition coefficient (Wildman–Crippen LogP) is 3.44. The summed E-state index contributed by atoms with van der Waals surface area (Å²) < 4.78 is 7.27. The molecule has 1 N–H and O–H groups in total. The van der Waals surface area contributed by atoms with Crippen molar-refractivity contribution in [3.05, 3.63) is 52.0 Å². The van der Waals surface area contributed by atoms with Gasteiger partial charge in [0.15, 0.2) is 0 Å². The van der Waals surface area contributed by atoms with E-state index in [2.05, 4.69) is 9.72 Å². The highest BCUT2D eigenvalue weighted by Crippen LogP contribution is 2.26. The molecule has 104 valence electrons. The molecule has 0 amide bonds. The van der Waals surface area contributed by atoms with E-state index < -0.39 is 0 Å². The molecule has 20 heavy (non-hydrogen) atoms. The number of benzene rings is 1. The van der Waals surface area contributed by atoms with Gasteiger partial charge in [0.2, 0.25) is 0 Å². The average Bonchev–Trinajstić information content (AvgIpc) is 2.93. The Balaban J connectivity index is 2.14. The van der Waals surface area contributed by atoms with Gasteiger partial charge in [-0.05, 0) is 26.0 Å². The third-order valence-electron chi connectivity index (χ3n) is 3.61. The molecule has 0 radical (unpaired) electrons. The molecular weight excluding hydrogens is 276 g/mol. The molecule has 3 aromatic rings. The van der Waals surface area contributed by atoms with Gasteiger partial charge < -0.3 is 14.2 Å². The Hall–Kier alpha value is -1.78. The summed E-state index contributed by atoms with van der Waals surface area (Å²) in [6.45, 7) is 4.49. The number of fused-ring (bicyclic) bond motifs is 1. The largest absolute Gasteiger partial charge is 0.392 e. The number of aliphatic hydroxyl groups excluding tert-OH is 1. The highest BCUT2D eigenvalue weighted by atomic mass is 35.5. The van der Waals surface area contributed by atoms with E-state index in [4.69, 9.17) is 16.1 Å². The van der Waals surface area contributed by atoms with Crippen LogP contribution in [0.15, 0.2) is 28.9 Å². The maximum absolute atomic E-state index is 9.48. The van der Waals surface area contributed by atoms with E-state index in [1.807, 2.05) is 38.2 Å². The van der Waals surface area contributed by atoms with E-state index in [0.29, 0.717) is 11.6 Å². The van der Waals surface area contributed by atoms with Crippen molar-refractivity contribution in [2.45, 2.75) is 27.0 Å². The lowest BCUT2D eigenvalue weighted by atomic mass is 10.2. The van der Waals surface area contributed by atoms with Crippen molar-refractivity contribution in [3.8, 4) is 0 Å². The topological polar surface area (TPSA) is 51.2 Å². The first kappa shape index (κ1) is 13.2. The van der Waals surface area contributed by atoms with Gasteiger partial charge in [0.1, 0.15) is 5.76 Å². The summed E-state index contributed by atoms with van der Waals surface area (Å²) in [7, 11) is 0. The van der Waals surface area contributed by atoms with Gasteiger partial charge in [0, 0.05) is 27.7 Å². The minimum Gasteiger partial charge on any atom is -0.392 e. The van der Waals surface area contributed by atoms with Gasteiger partial charge in [0.25, 0.3) is 0 Å². The average molecular weight is 291 g/mol. The summed E-state index contributed by atoms with van der Waals surface area (Å²) in [5.74, 6) is 0.817. The van der Waals surface area contributed by atoms with Crippen molar-refractivity contribution in [3.63, 3.8) is 0 Å². The molecule has 4 nitrogen and oxygen atoms in total. The van der Waals surface area contributed by atoms with E-state index in [9.17, 15) is 5.11 Å². The molecule has 0 aliphatic rings. The highest BCUT2D eigenvalue weighted by molar-refractivity contribution is 6.31. The number of aliphatic hydroxyl groups is 1. The van der Waals surface area contributed by atoms with E-state index in [0.717, 1.165) is 33.5 Å². The van der Waals surface area contributed by atoms with Crippen LogP contribution in [-0.4, -0.2) is 14.8 Å². The van der Waals surface area contributed by atoms with E-state index in [-0.39, 0.29) is 6.61 Å². The number of nitrogens with zero attached hydrogens (tertiary/aromatic N) is 2. The second-order valence-electron chi connectivity index (χ2n) is 4.90. The molecule has 0 bridgehead atoms. The van der Waals surface area contributed by atoms with E-state index >= 15 is 0 Å². The molecule has 0 saturated carbocycles. The monoisotopic (exact) mass is 290 g/mol. The van der Waals surface area contributed by atoms with Gasteiger partial charge in [0.05, 0.1) is 24.4 Å². The van der Waals surface area contributed by atoms with Gasteiger partial charge in [-0.25, -0.2) is 0 Å². The maximum atomic E-state index is 9.48. The zero-order chi connectivity index (χ0) is 14.3. The van der Waals surface area contributed by atoms with Crippen molar-refractivity contribution in [1.82, 2.24) is 9.72 Å². The van der Waals surface area contributed by atoms with Gasteiger partial charge in [-0.15, -0.1) is 0 Å². The van der Waals surface area contributed by atoms with Crippen LogP contribution in [0, 0.1) is 13.8 Å². The van der Waals surface area contributed by atoms with Crippen LogP contribution in [0.2, 0.25) is 5.02 Å². The fourth-order valence-corrected chi connectivity index (χ4v) is 2.66. The van der Waals surface area contributed by atoms with Crippen molar-refractivity contribution in [1.29, 1.82) is 0 Å². The number of hydrogen-bond donors (Lipinski definition) is 1. The summed E-state index contributed by atoms with van der Waals surface area (Å²) in [6.07, 6.45) is 1.95. The minimum absolute atomic E-state index is 0.00668. The quantitative estimate of drug-likeness (QED) is 0.804. The Bertz CT molecular complexity index is 754. The molecule has 0 fully saturated rings. The summed E-state index contributed by atoms with van der Waals surface area (Å²) in [4.78, 5) is 0. The number of halogens is 1. The van der Waals surface area contributed by atoms with E-state index in [1.54, 1.807) is 0 Å². The van der Waals surface area contributed by atoms with Crippen molar-refractivity contribution in [2.24, 2.45) is 0 Å². The van der Waals surface area contributed by atoms with Crippen LogP contribution in [0.1, 0.15) is 22.6 Å². The highest BCUT2D eigenvalue weighted by Gasteiger charge is 2.13. The number of rotatable bonds is 3. The second-order valence-corrected chi connectivity index (χ2v) is 5.34. The van der Waals surface area contributed by atoms with Crippen LogP contribution in [-0.2, 0) is 13.2 Å². The summed E-state index contributed by atoms with van der Waals surface area (Å²) in [5, 5.41) is 15.1. The number of aryl methyl sites for hydroxylation is 2. The Kier molecular flexibility index (Phi) is 3.28. The zero-order valence-corrected chi connectivity index (χ0v) is 12.1. The Labute approximate surface area is 121 Å². The first-order chi connectivity index (χ1) is 9.60. The lowest BCUT2D eigenvalue weighted by molar-refractivity contribution is 0.283. The Morgan fingerprint density at radius 1 is 1.35 bits per heavy atom. The molecular formula is C15H15ClN2O2. The fourth-order valence-electron chi connectivity index (χ4n) is 2.50. The minimum atomic E-state index is 0.00668. The van der Waals surface area contributed by atoms with Gasteiger partial charge in [-0.3, -0.25) is 0 Å². The molecule has 3 rings (SSSR count). The second kappa shape index (κ2) is 4.96. The Morgan fingerprint density at radius 3 is 2.80 bits per heavy atom. The number of hydrogen-bond acceptors (Lipinski definition) is 3. The fraction of sp³-hybridized carbons (Fsp3) is 0.267. The Morgan fingerprint density at radius 2 is 2.15 bits per heavy atom. The SMILES string of the molecule is Cc1noc(C)c1Cn1cc(CO)c2ccc(Cl)cc21. The lowest BCUT2D eigenvalue weighted by Crippen LogP contribution is -2.00. The normalized spacial score (nSPS) is 11.4. The standard InChI is InChI=1S/C15H15ClN2O2/c1-9-14(10(2)20-17-9)7-18-6-11(8-19)13-4-3-12(16)5-15(13)18/h3-6,19H,7-8H2,1-2H3. The van der Waals surface area contributed by atoms with Crippen LogP contribution in [0.5, 0.6) is 0 Å². The maximum Gasteiger partial charge on any atom is 0.138 e. The molecule has 0 saturated heterocycles. The third-order valence-corrected chi connectivity index (χ3v) is 3.84. The first-order valence-electron chi connectivity index (χ1n) is 6.40. The van der Waals surface area contributed by atoms with Gasteiger partial charge in [-0.2, -0.15) is 0 Å². The molecule has 0 unspecified atom stereocenters. The van der Waals surface area contributed by atoms with Crippen LogP contribution >= 0.6 is 11.6 Å². The van der Waals surface area contributed by atoms with Crippen LogP contribution in [0.3, 0.4) is 0 Å². The molecule has 2 aromatic heterocycles.